The zero-order valence-corrected chi connectivity index (χ0v) is 28.8. The van der Waals surface area contributed by atoms with E-state index in [9.17, 15) is 24.6 Å². The summed E-state index contributed by atoms with van der Waals surface area (Å²) in [6.07, 6.45) is 0.516. The predicted octanol–water partition coefficient (Wildman–Crippen LogP) is 7.95. The fourth-order valence-electron chi connectivity index (χ4n) is 4.86. The summed E-state index contributed by atoms with van der Waals surface area (Å²) < 4.78 is 0. The highest BCUT2D eigenvalue weighted by atomic mass is 32.1. The van der Waals surface area contributed by atoms with Crippen LogP contribution in [0, 0.1) is 29.1 Å². The molecule has 1 heterocycles. The molecule has 0 radical (unpaired) electrons. The molecule has 3 aromatic rings. The molecule has 9 nitrogen and oxygen atoms in total. The number of carbonyl (C=O) groups is 3. The predicted molar refractivity (Wildman–Crippen MR) is 177 cm³/mol. The minimum absolute atomic E-state index is 0.150. The van der Waals surface area contributed by atoms with Crippen molar-refractivity contribution in [2.45, 2.75) is 87.5 Å². The summed E-state index contributed by atoms with van der Waals surface area (Å²) in [6.45, 7) is 18.9. The van der Waals surface area contributed by atoms with E-state index in [1.165, 1.54) is 23.5 Å². The number of hydrogen-bond acceptors (Lipinski definition) is 7. The largest absolute Gasteiger partial charge is 0.508 e. The maximum absolute atomic E-state index is 11.3. The first-order valence-electron chi connectivity index (χ1n) is 14.6. The summed E-state index contributed by atoms with van der Waals surface area (Å²) in [5.74, 6) is -3.57. The van der Waals surface area contributed by atoms with E-state index in [0.717, 1.165) is 11.3 Å². The van der Waals surface area contributed by atoms with Gasteiger partial charge in [-0.05, 0) is 58.1 Å². The van der Waals surface area contributed by atoms with E-state index < -0.39 is 29.7 Å². The van der Waals surface area contributed by atoms with Crippen molar-refractivity contribution in [3.63, 3.8) is 0 Å². The average molecular weight is 644 g/mol. The van der Waals surface area contributed by atoms with Crippen LogP contribution in [0.2, 0.25) is 0 Å². The van der Waals surface area contributed by atoms with Crippen molar-refractivity contribution in [1.82, 2.24) is 4.98 Å². The Kier molecular flexibility index (Phi) is 13.8. The number of aliphatic carboxylic acids is 3. The van der Waals surface area contributed by atoms with E-state index >= 15 is 0 Å². The zero-order chi connectivity index (χ0) is 34.9. The lowest BCUT2D eigenvalue weighted by Gasteiger charge is -2.27. The molecule has 0 bridgehead atoms. The van der Waals surface area contributed by atoms with Crippen molar-refractivity contribution >= 4 is 29.2 Å². The number of benzene rings is 2. The van der Waals surface area contributed by atoms with Crippen LogP contribution in [0.15, 0.2) is 53.4 Å². The van der Waals surface area contributed by atoms with E-state index in [1.807, 2.05) is 67.7 Å². The Bertz CT molecular complexity index is 1400. The summed E-state index contributed by atoms with van der Waals surface area (Å²) in [5.41, 5.74) is 3.83. The van der Waals surface area contributed by atoms with Crippen molar-refractivity contribution < 1.29 is 39.9 Å². The van der Waals surface area contributed by atoms with Crippen LogP contribution >= 0.6 is 11.3 Å². The van der Waals surface area contributed by atoms with Crippen LogP contribution in [0.4, 0.5) is 0 Å². The van der Waals surface area contributed by atoms with E-state index in [4.69, 9.17) is 15.3 Å². The van der Waals surface area contributed by atoms with Gasteiger partial charge in [0.05, 0.1) is 29.0 Å². The molecule has 0 amide bonds. The van der Waals surface area contributed by atoms with Crippen LogP contribution in [0.1, 0.15) is 96.5 Å². The topological polar surface area (TPSA) is 165 Å². The van der Waals surface area contributed by atoms with Crippen molar-refractivity contribution in [1.29, 1.82) is 0 Å². The lowest BCUT2D eigenvalue weighted by atomic mass is 9.76. The first-order chi connectivity index (χ1) is 20.5. The lowest BCUT2D eigenvalue weighted by Crippen LogP contribution is -2.30. The van der Waals surface area contributed by atoms with Crippen molar-refractivity contribution in [3.8, 4) is 11.5 Å². The Morgan fingerprint density at radius 3 is 1.53 bits per heavy atom. The van der Waals surface area contributed by atoms with E-state index in [0.29, 0.717) is 17.5 Å². The summed E-state index contributed by atoms with van der Waals surface area (Å²) >= 11 is 1.50. The highest BCUT2D eigenvalue weighted by Crippen LogP contribution is 2.37. The van der Waals surface area contributed by atoms with Crippen molar-refractivity contribution in [2.24, 2.45) is 22.2 Å². The highest BCUT2D eigenvalue weighted by molar-refractivity contribution is 7.07. The normalized spacial score (nSPS) is 13.6. The molecule has 0 aliphatic heterocycles. The van der Waals surface area contributed by atoms with Gasteiger partial charge >= 0.3 is 17.9 Å². The molecule has 10 heteroatoms. The minimum atomic E-state index is -0.840. The number of phenolic OH excluding ortho intramolecular Hbond substituents is 2. The van der Waals surface area contributed by atoms with Crippen LogP contribution in [0.25, 0.3) is 0 Å². The fourth-order valence-corrected chi connectivity index (χ4v) is 5.43. The van der Waals surface area contributed by atoms with Gasteiger partial charge in [0.1, 0.15) is 11.5 Å². The fraction of sp³-hybridized carbons (Fsp3) is 0.486. The molecule has 0 aliphatic rings. The Morgan fingerprint density at radius 1 is 0.711 bits per heavy atom. The molecular formula is C35H49NO8S. The maximum atomic E-state index is 11.3. The van der Waals surface area contributed by atoms with E-state index in [1.54, 1.807) is 42.8 Å². The molecular weight excluding hydrogens is 594 g/mol. The van der Waals surface area contributed by atoms with E-state index in [-0.39, 0.29) is 33.7 Å². The third-order valence-corrected chi connectivity index (χ3v) is 7.88. The molecule has 1 unspecified atom stereocenters. The molecule has 3 rings (SSSR count). The number of aryl methyl sites for hydroxylation is 1. The minimum Gasteiger partial charge on any atom is -0.508 e. The van der Waals surface area contributed by atoms with Gasteiger partial charge < -0.3 is 25.5 Å². The summed E-state index contributed by atoms with van der Waals surface area (Å²) in [7, 11) is 0. The van der Waals surface area contributed by atoms with Gasteiger partial charge in [0.25, 0.3) is 0 Å². The SMILES string of the molecule is CC(C)(C)[C@@H](Cc1cscn1)C(=O)O.CC(C)(C)[C@H](C(=O)O)c1ccc(O)cc1.Cc1cc(C(C(=O)O)C(C)(C)C)ccc1O. The van der Waals surface area contributed by atoms with Gasteiger partial charge in [-0.1, -0.05) is 86.6 Å². The molecule has 0 saturated carbocycles. The summed E-state index contributed by atoms with van der Waals surface area (Å²) in [4.78, 5) is 37.6. The van der Waals surface area contributed by atoms with Crippen LogP contribution in [-0.2, 0) is 20.8 Å². The number of rotatable bonds is 7. The number of phenols is 2. The third kappa shape index (κ3) is 12.5. The van der Waals surface area contributed by atoms with Crippen molar-refractivity contribution in [3.05, 3.63) is 75.7 Å². The van der Waals surface area contributed by atoms with Gasteiger partial charge in [-0.2, -0.15) is 0 Å². The van der Waals surface area contributed by atoms with Gasteiger partial charge in [0.15, 0.2) is 0 Å². The molecule has 0 aliphatic carbocycles. The Morgan fingerprint density at radius 2 is 1.18 bits per heavy atom. The number of hydrogen-bond donors (Lipinski definition) is 5. The van der Waals surface area contributed by atoms with Crippen molar-refractivity contribution in [2.75, 3.05) is 0 Å². The Balaban J connectivity index is 0.000000338. The molecule has 0 saturated heterocycles. The second-order valence-corrected chi connectivity index (χ2v) is 15.1. The van der Waals surface area contributed by atoms with Gasteiger partial charge in [-0.15, -0.1) is 11.3 Å². The number of nitrogens with zero attached hydrogens (tertiary/aromatic N) is 1. The first-order valence-corrected chi connectivity index (χ1v) is 15.5. The van der Waals surface area contributed by atoms with Gasteiger partial charge in [0, 0.05) is 11.8 Å². The second kappa shape index (κ2) is 15.9. The molecule has 5 N–H and O–H groups in total. The first kappa shape index (κ1) is 39.1. The Labute approximate surface area is 270 Å². The molecule has 0 spiro atoms. The van der Waals surface area contributed by atoms with Crippen LogP contribution < -0.4 is 0 Å². The van der Waals surface area contributed by atoms with Crippen LogP contribution in [0.3, 0.4) is 0 Å². The van der Waals surface area contributed by atoms with E-state index in [2.05, 4.69) is 4.98 Å². The second-order valence-electron chi connectivity index (χ2n) is 14.4. The lowest BCUT2D eigenvalue weighted by molar-refractivity contribution is -0.145. The molecule has 0 fully saturated rings. The van der Waals surface area contributed by atoms with Gasteiger partial charge in [0.2, 0.25) is 0 Å². The number of aromatic nitrogens is 1. The quantitative estimate of drug-likeness (QED) is 0.172. The van der Waals surface area contributed by atoms with Gasteiger partial charge in [-0.25, -0.2) is 4.98 Å². The molecule has 2 aromatic carbocycles. The number of aromatic hydroxyl groups is 2. The standard InChI is InChI=1S/C13H18O3.C12H16O3.C10H15NO2S/c1-8-7-9(5-6-10(8)14)11(12(15)16)13(2,3)4;1-12(2,3)10(11(14)15)8-4-6-9(13)7-5-8;1-10(2,3)8(9(12)13)4-7-5-14-6-11-7/h5-7,11,14H,1-4H3,(H,15,16);4-7,10,13H,1-3H3,(H,14,15);5-6,8H,4H2,1-3H3,(H,12,13)/t;10-;8-/m.00/s1. The summed E-state index contributed by atoms with van der Waals surface area (Å²) in [6, 6.07) is 11.3. The Hall–Kier alpha value is -3.92. The average Bonchev–Trinajstić information content (AvgIpc) is 3.37. The molecule has 248 valence electrons. The maximum Gasteiger partial charge on any atom is 0.311 e. The smallest absolute Gasteiger partial charge is 0.311 e. The molecule has 45 heavy (non-hydrogen) atoms. The van der Waals surface area contributed by atoms with Gasteiger partial charge in [-0.3, -0.25) is 14.4 Å². The zero-order valence-electron chi connectivity index (χ0n) is 28.0. The monoisotopic (exact) mass is 643 g/mol. The van der Waals surface area contributed by atoms with Crippen LogP contribution in [-0.4, -0.2) is 48.4 Å². The van der Waals surface area contributed by atoms with Crippen LogP contribution in [0.5, 0.6) is 11.5 Å². The summed E-state index contributed by atoms with van der Waals surface area (Å²) in [5, 5.41) is 48.0. The number of carboxylic acid groups (broad SMARTS) is 3. The number of carboxylic acids is 3. The number of thiazole rings is 1. The molecule has 3 atom stereocenters. The highest BCUT2D eigenvalue weighted by Gasteiger charge is 2.34. The molecule has 1 aromatic heterocycles. The third-order valence-electron chi connectivity index (χ3n) is 7.25.